The van der Waals surface area contributed by atoms with Crippen molar-refractivity contribution in [2.75, 3.05) is 0 Å². The van der Waals surface area contributed by atoms with Gasteiger partial charge in [-0.05, 0) is 53.6 Å². The zero-order chi connectivity index (χ0) is 28.5. The molecular weight excluding hydrogens is 528 g/mol. The Bertz CT molecular complexity index is 2460. The monoisotopic (exact) mass is 554 g/mol. The van der Waals surface area contributed by atoms with E-state index in [1.54, 1.807) is 0 Å². The molecule has 0 fully saturated rings. The number of benzene rings is 6. The number of para-hydroxylation sites is 4. The maximum Gasteiger partial charge on any atom is 0.227 e. The molecule has 3 heterocycles. The van der Waals surface area contributed by atoms with Crippen LogP contribution in [-0.2, 0) is 6.67 Å². The van der Waals surface area contributed by atoms with Gasteiger partial charge in [0.15, 0.2) is 5.58 Å². The Morgan fingerprint density at radius 3 is 2.00 bits per heavy atom. The predicted molar refractivity (Wildman–Crippen MR) is 176 cm³/mol. The topological polar surface area (TPSA) is 61.9 Å². The molecule has 43 heavy (non-hydrogen) atoms. The first-order valence-electron chi connectivity index (χ1n) is 14.5. The predicted octanol–water partition coefficient (Wildman–Crippen LogP) is 9.28. The van der Waals surface area contributed by atoms with E-state index >= 15 is 0 Å². The van der Waals surface area contributed by atoms with Crippen LogP contribution in [0.1, 0.15) is 0 Å². The van der Waals surface area contributed by atoms with Crippen molar-refractivity contribution in [3.8, 4) is 28.3 Å². The smallest absolute Gasteiger partial charge is 0.227 e. The van der Waals surface area contributed by atoms with Crippen LogP contribution in [0.25, 0.3) is 83.0 Å². The molecule has 6 aromatic carbocycles. The fraction of sp³-hybridized carbons (Fsp3) is 0.0263. The summed E-state index contributed by atoms with van der Waals surface area (Å²) < 4.78 is 10.9. The molecule has 0 bridgehead atoms. The number of aromatic nitrogens is 3. The number of hydrogen-bond donors (Lipinski definition) is 1. The molecule has 0 amide bonds. The van der Waals surface area contributed by atoms with Gasteiger partial charge in [0.05, 0.1) is 28.7 Å². The van der Waals surface area contributed by atoms with Crippen LogP contribution in [0.5, 0.6) is 0 Å². The van der Waals surface area contributed by atoms with Crippen molar-refractivity contribution >= 4 is 54.7 Å². The summed E-state index contributed by atoms with van der Waals surface area (Å²) in [5.74, 6) is 0.599. The average molecular weight is 555 g/mol. The van der Waals surface area contributed by atoms with Gasteiger partial charge in [-0.15, -0.1) is 0 Å². The number of fused-ring (bicyclic) bond motifs is 8. The van der Waals surface area contributed by atoms with Gasteiger partial charge in [-0.2, -0.15) is 0 Å². The summed E-state index contributed by atoms with van der Waals surface area (Å²) >= 11 is 0. The summed E-state index contributed by atoms with van der Waals surface area (Å²) in [6.07, 6.45) is 0. The maximum atomic E-state index is 6.47. The Labute approximate surface area is 247 Å². The average Bonchev–Trinajstić information content (AvgIpc) is 3.75. The molecule has 0 saturated heterocycles. The van der Waals surface area contributed by atoms with E-state index in [1.807, 2.05) is 30.3 Å². The number of oxazole rings is 1. The summed E-state index contributed by atoms with van der Waals surface area (Å²) in [7, 11) is 0. The van der Waals surface area contributed by atoms with Gasteiger partial charge >= 0.3 is 0 Å². The highest BCUT2D eigenvalue weighted by atomic mass is 16.3. The van der Waals surface area contributed by atoms with Crippen molar-refractivity contribution in [1.29, 1.82) is 0 Å². The molecular formula is C38H26N4O. The highest BCUT2D eigenvalue weighted by Crippen LogP contribution is 2.41. The van der Waals surface area contributed by atoms with Crippen LogP contribution in [0.2, 0.25) is 0 Å². The van der Waals surface area contributed by atoms with E-state index in [0.29, 0.717) is 12.6 Å². The quantitative estimate of drug-likeness (QED) is 0.236. The van der Waals surface area contributed by atoms with Crippen LogP contribution < -0.4 is 5.73 Å². The lowest BCUT2D eigenvalue weighted by molar-refractivity contribution is 0.620. The Balaban J connectivity index is 1.44. The van der Waals surface area contributed by atoms with Crippen LogP contribution in [0.3, 0.4) is 0 Å². The van der Waals surface area contributed by atoms with Gasteiger partial charge in [0.2, 0.25) is 5.89 Å². The molecule has 3 aromatic heterocycles. The minimum Gasteiger partial charge on any atom is -0.436 e. The first-order chi connectivity index (χ1) is 21.3. The van der Waals surface area contributed by atoms with Gasteiger partial charge in [-0.3, -0.25) is 0 Å². The molecule has 2 N–H and O–H groups in total. The van der Waals surface area contributed by atoms with Gasteiger partial charge in [0, 0.05) is 32.8 Å². The SMILES string of the molecule is NCn1c2ccccc2c2ccc3c4ccccc4n(-c4cc(-c5ccccc5)cc(-c5nc6ccccc6o5)c4)c3c21. The van der Waals surface area contributed by atoms with Crippen molar-refractivity contribution in [2.24, 2.45) is 5.73 Å². The van der Waals surface area contributed by atoms with Gasteiger partial charge in [-0.25, -0.2) is 4.98 Å². The third kappa shape index (κ3) is 3.52. The Kier molecular flexibility index (Phi) is 5.12. The minimum atomic E-state index is 0.378. The molecule has 0 unspecified atom stereocenters. The van der Waals surface area contributed by atoms with Crippen LogP contribution >= 0.6 is 0 Å². The molecule has 0 aliphatic carbocycles. The van der Waals surface area contributed by atoms with Crippen molar-refractivity contribution in [3.05, 3.63) is 133 Å². The molecule has 0 aliphatic rings. The molecule has 5 nitrogen and oxygen atoms in total. The Hall–Kier alpha value is -5.65. The Morgan fingerprint density at radius 1 is 0.558 bits per heavy atom. The first kappa shape index (κ1) is 24.0. The van der Waals surface area contributed by atoms with Gasteiger partial charge < -0.3 is 19.3 Å². The van der Waals surface area contributed by atoms with Crippen LogP contribution in [-0.4, -0.2) is 14.1 Å². The second-order valence-electron chi connectivity index (χ2n) is 11.0. The Morgan fingerprint density at radius 2 is 1.21 bits per heavy atom. The van der Waals surface area contributed by atoms with E-state index in [9.17, 15) is 0 Å². The largest absolute Gasteiger partial charge is 0.436 e. The fourth-order valence-corrected chi connectivity index (χ4v) is 6.70. The molecule has 0 atom stereocenters. The molecule has 0 spiro atoms. The van der Waals surface area contributed by atoms with Crippen molar-refractivity contribution in [1.82, 2.24) is 14.1 Å². The summed E-state index contributed by atoms with van der Waals surface area (Å²) in [6.45, 7) is 0.378. The third-order valence-corrected chi connectivity index (χ3v) is 8.57. The summed E-state index contributed by atoms with van der Waals surface area (Å²) in [6, 6.07) is 46.7. The molecule has 0 radical (unpaired) electrons. The van der Waals surface area contributed by atoms with Gasteiger partial charge in [0.25, 0.3) is 0 Å². The van der Waals surface area contributed by atoms with E-state index in [4.69, 9.17) is 15.1 Å². The van der Waals surface area contributed by atoms with E-state index < -0.39 is 0 Å². The van der Waals surface area contributed by atoms with E-state index in [-0.39, 0.29) is 0 Å². The van der Waals surface area contributed by atoms with Gasteiger partial charge in [-0.1, -0.05) is 91.0 Å². The van der Waals surface area contributed by atoms with E-state index in [2.05, 4.69) is 112 Å². The van der Waals surface area contributed by atoms with Crippen LogP contribution in [0.4, 0.5) is 0 Å². The highest BCUT2D eigenvalue weighted by Gasteiger charge is 2.21. The summed E-state index contributed by atoms with van der Waals surface area (Å²) in [4.78, 5) is 4.87. The summed E-state index contributed by atoms with van der Waals surface area (Å²) in [5, 5.41) is 4.78. The summed E-state index contributed by atoms with van der Waals surface area (Å²) in [5.41, 5.74) is 16.8. The second kappa shape index (κ2) is 9.18. The number of nitrogens with zero attached hydrogens (tertiary/aromatic N) is 3. The van der Waals surface area contributed by atoms with E-state index in [1.165, 1.54) is 21.5 Å². The number of hydrogen-bond acceptors (Lipinski definition) is 3. The fourth-order valence-electron chi connectivity index (χ4n) is 6.70. The molecule has 204 valence electrons. The van der Waals surface area contributed by atoms with Crippen molar-refractivity contribution in [2.45, 2.75) is 6.67 Å². The zero-order valence-electron chi connectivity index (χ0n) is 23.2. The second-order valence-corrected chi connectivity index (χ2v) is 11.0. The third-order valence-electron chi connectivity index (χ3n) is 8.57. The maximum absolute atomic E-state index is 6.47. The van der Waals surface area contributed by atoms with Crippen molar-refractivity contribution in [3.63, 3.8) is 0 Å². The molecule has 9 aromatic rings. The van der Waals surface area contributed by atoms with Gasteiger partial charge in [0.1, 0.15) is 5.52 Å². The first-order valence-corrected chi connectivity index (χ1v) is 14.5. The standard InChI is InChI=1S/C38H26N4O/c39-23-41-33-15-7-4-12-28(33)30-18-19-31-29-13-5-8-16-34(29)42(37(31)36(30)41)27-21-25(24-10-2-1-3-11-24)20-26(22-27)38-40-32-14-6-9-17-35(32)43-38/h1-22H,23,39H2. The molecule has 0 saturated carbocycles. The number of rotatable bonds is 4. The lowest BCUT2D eigenvalue weighted by atomic mass is 10.0. The van der Waals surface area contributed by atoms with Crippen molar-refractivity contribution < 1.29 is 4.42 Å². The minimum absolute atomic E-state index is 0.378. The zero-order valence-corrected chi connectivity index (χ0v) is 23.2. The molecule has 5 heteroatoms. The molecule has 0 aliphatic heterocycles. The number of nitrogens with two attached hydrogens (primary N) is 1. The van der Waals surface area contributed by atoms with Crippen LogP contribution in [0.15, 0.2) is 138 Å². The lowest BCUT2D eigenvalue weighted by Gasteiger charge is -2.14. The molecule has 9 rings (SSSR count). The van der Waals surface area contributed by atoms with E-state index in [0.717, 1.165) is 55.5 Å². The lowest BCUT2D eigenvalue weighted by Crippen LogP contribution is -2.07. The highest BCUT2D eigenvalue weighted by molar-refractivity contribution is 6.23. The normalized spacial score (nSPS) is 11.9. The van der Waals surface area contributed by atoms with Crippen LogP contribution in [0, 0.1) is 0 Å².